The van der Waals surface area contributed by atoms with Crippen molar-refractivity contribution in [1.29, 1.82) is 0 Å². The predicted molar refractivity (Wildman–Crippen MR) is 77.3 cm³/mol. The Morgan fingerprint density at radius 1 is 1.33 bits per heavy atom. The number of hydrogen-bond donors (Lipinski definition) is 2. The monoisotopic (exact) mass is 288 g/mol. The molecular formula is C13H18Cl2N2O. The molecule has 3 N–H and O–H groups in total. The van der Waals surface area contributed by atoms with Crippen LogP contribution >= 0.6 is 23.2 Å². The van der Waals surface area contributed by atoms with Gasteiger partial charge in [0.15, 0.2) is 0 Å². The lowest BCUT2D eigenvalue weighted by Crippen LogP contribution is -2.36. The lowest BCUT2D eigenvalue weighted by molar-refractivity contribution is -0.117. The topological polar surface area (TPSA) is 55.1 Å². The van der Waals surface area contributed by atoms with E-state index in [-0.39, 0.29) is 5.91 Å². The highest BCUT2D eigenvalue weighted by Gasteiger charge is 2.16. The summed E-state index contributed by atoms with van der Waals surface area (Å²) < 4.78 is 0. The molecule has 0 aliphatic heterocycles. The van der Waals surface area contributed by atoms with E-state index in [0.29, 0.717) is 28.1 Å². The minimum atomic E-state index is -0.541. The van der Waals surface area contributed by atoms with Crippen molar-refractivity contribution in [1.82, 2.24) is 0 Å². The van der Waals surface area contributed by atoms with Gasteiger partial charge < -0.3 is 11.1 Å². The van der Waals surface area contributed by atoms with E-state index < -0.39 is 6.04 Å². The van der Waals surface area contributed by atoms with Gasteiger partial charge in [-0.25, -0.2) is 0 Å². The summed E-state index contributed by atoms with van der Waals surface area (Å²) in [5.41, 5.74) is 7.16. The molecule has 0 aliphatic carbocycles. The molecular weight excluding hydrogens is 271 g/mol. The molecule has 1 atom stereocenters. The number of halogens is 2. The first kappa shape index (κ1) is 15.3. The van der Waals surface area contributed by atoms with Crippen molar-refractivity contribution in [3.05, 3.63) is 27.7 Å². The maximum Gasteiger partial charge on any atom is 0.241 e. The van der Waals surface area contributed by atoms with Crippen LogP contribution in [0.4, 0.5) is 5.69 Å². The molecule has 0 heterocycles. The number of hydrogen-bond acceptors (Lipinski definition) is 2. The molecule has 18 heavy (non-hydrogen) atoms. The number of nitrogens with one attached hydrogen (secondary N) is 1. The van der Waals surface area contributed by atoms with Gasteiger partial charge in [-0.3, -0.25) is 4.79 Å². The summed E-state index contributed by atoms with van der Waals surface area (Å²) in [4.78, 5) is 11.9. The summed E-state index contributed by atoms with van der Waals surface area (Å²) in [5, 5.41) is 3.73. The second kappa shape index (κ2) is 6.41. The highest BCUT2D eigenvalue weighted by atomic mass is 35.5. The van der Waals surface area contributed by atoms with E-state index in [1.54, 1.807) is 12.1 Å². The number of aryl methyl sites for hydroxylation is 1. The highest BCUT2D eigenvalue weighted by molar-refractivity contribution is 6.36. The quantitative estimate of drug-likeness (QED) is 0.889. The van der Waals surface area contributed by atoms with E-state index in [4.69, 9.17) is 28.9 Å². The molecule has 3 nitrogen and oxygen atoms in total. The predicted octanol–water partition coefficient (Wildman–Crippen LogP) is 3.61. The van der Waals surface area contributed by atoms with Gasteiger partial charge in [-0.1, -0.05) is 37.0 Å². The van der Waals surface area contributed by atoms with Crippen molar-refractivity contribution in [2.24, 2.45) is 11.7 Å². The van der Waals surface area contributed by atoms with Crippen molar-refractivity contribution in [2.75, 3.05) is 5.32 Å². The highest BCUT2D eigenvalue weighted by Crippen LogP contribution is 2.28. The van der Waals surface area contributed by atoms with Gasteiger partial charge in [-0.05, 0) is 37.0 Å². The molecule has 0 unspecified atom stereocenters. The lowest BCUT2D eigenvalue weighted by atomic mass is 10.0. The third-order valence-electron chi connectivity index (χ3n) is 2.57. The van der Waals surface area contributed by atoms with Gasteiger partial charge in [-0.15, -0.1) is 0 Å². The molecule has 0 radical (unpaired) electrons. The first-order chi connectivity index (χ1) is 8.31. The minimum Gasteiger partial charge on any atom is -0.323 e. The summed E-state index contributed by atoms with van der Waals surface area (Å²) in [7, 11) is 0. The average Bonchev–Trinajstić information content (AvgIpc) is 2.24. The summed E-state index contributed by atoms with van der Waals surface area (Å²) in [5.74, 6) is 0.119. The Bertz CT molecular complexity index is 447. The number of anilines is 1. The van der Waals surface area contributed by atoms with Gasteiger partial charge in [0, 0.05) is 5.02 Å². The van der Waals surface area contributed by atoms with Crippen LogP contribution in [-0.4, -0.2) is 11.9 Å². The lowest BCUT2D eigenvalue weighted by Gasteiger charge is -2.15. The van der Waals surface area contributed by atoms with E-state index in [9.17, 15) is 4.79 Å². The number of carbonyl (C=O) groups excluding carboxylic acids is 1. The van der Waals surface area contributed by atoms with Crippen LogP contribution in [-0.2, 0) is 4.79 Å². The Morgan fingerprint density at radius 2 is 1.94 bits per heavy atom. The minimum absolute atomic E-state index is 0.245. The zero-order valence-corrected chi connectivity index (χ0v) is 12.3. The van der Waals surface area contributed by atoms with Crippen molar-refractivity contribution in [3.8, 4) is 0 Å². The Hall–Kier alpha value is -0.770. The Balaban J connectivity index is 2.79. The summed E-state index contributed by atoms with van der Waals surface area (Å²) in [6.45, 7) is 5.88. The van der Waals surface area contributed by atoms with E-state index in [1.807, 2.05) is 20.8 Å². The average molecular weight is 289 g/mol. The Labute approximate surface area is 118 Å². The van der Waals surface area contributed by atoms with Crippen LogP contribution in [0.25, 0.3) is 0 Å². The summed E-state index contributed by atoms with van der Waals surface area (Å²) in [6.07, 6.45) is 0.628. The van der Waals surface area contributed by atoms with E-state index >= 15 is 0 Å². The van der Waals surface area contributed by atoms with Gasteiger partial charge in [-0.2, -0.15) is 0 Å². The van der Waals surface area contributed by atoms with E-state index in [1.165, 1.54) is 0 Å². The Morgan fingerprint density at radius 3 is 2.50 bits per heavy atom. The SMILES string of the molecule is Cc1cc(Cl)c(NC(=O)[C@@H](N)CC(C)C)cc1Cl. The van der Waals surface area contributed by atoms with Crippen molar-refractivity contribution < 1.29 is 4.79 Å². The molecule has 0 saturated carbocycles. The smallest absolute Gasteiger partial charge is 0.241 e. The normalized spacial score (nSPS) is 12.6. The Kier molecular flexibility index (Phi) is 5.45. The maximum absolute atomic E-state index is 11.9. The van der Waals surface area contributed by atoms with Crippen molar-refractivity contribution in [2.45, 2.75) is 33.2 Å². The van der Waals surface area contributed by atoms with Crippen LogP contribution in [0.15, 0.2) is 12.1 Å². The van der Waals surface area contributed by atoms with Crippen LogP contribution in [0.2, 0.25) is 10.0 Å². The molecule has 5 heteroatoms. The molecule has 0 fully saturated rings. The third-order valence-corrected chi connectivity index (χ3v) is 3.29. The molecule has 0 bridgehead atoms. The van der Waals surface area contributed by atoms with Crippen LogP contribution < -0.4 is 11.1 Å². The third kappa shape index (κ3) is 4.16. The van der Waals surface area contributed by atoms with E-state index in [0.717, 1.165) is 5.56 Å². The molecule has 1 aromatic rings. The molecule has 1 aromatic carbocycles. The number of amides is 1. The fourth-order valence-electron chi connectivity index (χ4n) is 1.58. The van der Waals surface area contributed by atoms with Gasteiger partial charge in [0.05, 0.1) is 16.8 Å². The number of nitrogens with two attached hydrogens (primary N) is 1. The number of rotatable bonds is 4. The zero-order valence-electron chi connectivity index (χ0n) is 10.8. The summed E-state index contributed by atoms with van der Waals surface area (Å²) in [6, 6.07) is 2.81. The van der Waals surface area contributed by atoms with Crippen LogP contribution in [0.1, 0.15) is 25.8 Å². The van der Waals surface area contributed by atoms with Crippen molar-refractivity contribution >= 4 is 34.8 Å². The maximum atomic E-state index is 11.9. The zero-order chi connectivity index (χ0) is 13.9. The molecule has 1 rings (SSSR count). The summed E-state index contributed by atoms with van der Waals surface area (Å²) >= 11 is 12.0. The molecule has 1 amide bonds. The van der Waals surface area contributed by atoms with Gasteiger partial charge in [0.2, 0.25) is 5.91 Å². The van der Waals surface area contributed by atoms with Crippen LogP contribution in [0.3, 0.4) is 0 Å². The molecule has 0 aliphatic rings. The van der Waals surface area contributed by atoms with Crippen molar-refractivity contribution in [3.63, 3.8) is 0 Å². The molecule has 0 spiro atoms. The number of benzene rings is 1. The largest absolute Gasteiger partial charge is 0.323 e. The second-order valence-corrected chi connectivity index (χ2v) is 5.62. The fourth-order valence-corrected chi connectivity index (χ4v) is 2.01. The fraction of sp³-hybridized carbons (Fsp3) is 0.462. The standard InChI is InChI=1S/C13H18Cl2N2O/c1-7(2)4-11(16)13(18)17-12-6-9(14)8(3)5-10(12)15/h5-7,11H,4,16H2,1-3H3,(H,17,18)/t11-/m0/s1. The second-order valence-electron chi connectivity index (χ2n) is 4.81. The molecule has 0 aromatic heterocycles. The van der Waals surface area contributed by atoms with Crippen LogP contribution in [0.5, 0.6) is 0 Å². The first-order valence-corrected chi connectivity index (χ1v) is 6.59. The van der Waals surface area contributed by atoms with E-state index in [2.05, 4.69) is 5.32 Å². The first-order valence-electron chi connectivity index (χ1n) is 5.83. The number of carbonyl (C=O) groups is 1. The van der Waals surface area contributed by atoms with Gasteiger partial charge in [0.25, 0.3) is 0 Å². The van der Waals surface area contributed by atoms with Crippen LogP contribution in [0, 0.1) is 12.8 Å². The molecule has 0 saturated heterocycles. The van der Waals surface area contributed by atoms with Gasteiger partial charge >= 0.3 is 0 Å². The van der Waals surface area contributed by atoms with Gasteiger partial charge in [0.1, 0.15) is 0 Å². The molecule has 100 valence electrons.